The van der Waals surface area contributed by atoms with Crippen molar-refractivity contribution in [2.45, 2.75) is 38.3 Å². The fourth-order valence-electron chi connectivity index (χ4n) is 4.04. The summed E-state index contributed by atoms with van der Waals surface area (Å²) in [5.74, 6) is -1.22. The Balaban J connectivity index is 1.78. The minimum Gasteiger partial charge on any atom is -0.477 e. The predicted octanol–water partition coefficient (Wildman–Crippen LogP) is 2.35. The third-order valence-corrected chi connectivity index (χ3v) is 6.13. The number of hydrogen-bond donors (Lipinski definition) is 1. The highest BCUT2D eigenvalue weighted by Gasteiger charge is 2.32. The molecule has 1 N–H and O–H groups in total. The third kappa shape index (κ3) is 3.15. The maximum Gasteiger partial charge on any atom is 0.341 e. The van der Waals surface area contributed by atoms with Crippen LogP contribution < -0.4 is 10.3 Å². The van der Waals surface area contributed by atoms with Gasteiger partial charge in [-0.1, -0.05) is 0 Å². The molecular formula is C20H25FN4O3. The first-order chi connectivity index (χ1) is 13.3. The second-order valence-electron chi connectivity index (χ2n) is 8.18. The minimum atomic E-state index is -1.30. The Morgan fingerprint density at radius 1 is 1.36 bits per heavy atom. The van der Waals surface area contributed by atoms with Crippen LogP contribution in [0, 0.1) is 11.7 Å². The zero-order chi connectivity index (χ0) is 20.2. The molecule has 2 atom stereocenters. The molecular weight excluding hydrogens is 363 g/mol. The Labute approximate surface area is 162 Å². The van der Waals surface area contributed by atoms with E-state index in [4.69, 9.17) is 0 Å². The minimum absolute atomic E-state index is 0.0328. The number of nitrogens with zero attached hydrogens (tertiary/aromatic N) is 4. The van der Waals surface area contributed by atoms with Gasteiger partial charge in [-0.05, 0) is 52.3 Å². The third-order valence-electron chi connectivity index (χ3n) is 6.13. The van der Waals surface area contributed by atoms with Gasteiger partial charge < -0.3 is 19.5 Å². The molecule has 2 unspecified atom stereocenters. The summed E-state index contributed by atoms with van der Waals surface area (Å²) in [5, 5.41) is 9.37. The van der Waals surface area contributed by atoms with Crippen LogP contribution in [-0.4, -0.2) is 58.8 Å². The fourth-order valence-corrected chi connectivity index (χ4v) is 4.04. The number of pyridine rings is 2. The molecule has 0 radical (unpaired) electrons. The van der Waals surface area contributed by atoms with E-state index in [1.54, 1.807) is 4.57 Å². The highest BCUT2D eigenvalue weighted by molar-refractivity contribution is 5.92. The molecule has 1 saturated heterocycles. The molecule has 150 valence electrons. The van der Waals surface area contributed by atoms with E-state index in [-0.39, 0.29) is 22.8 Å². The number of carbonyl (C=O) groups is 1. The van der Waals surface area contributed by atoms with Crippen LogP contribution in [-0.2, 0) is 0 Å². The molecule has 2 fully saturated rings. The molecule has 0 spiro atoms. The summed E-state index contributed by atoms with van der Waals surface area (Å²) in [6, 6.07) is 1.65. The molecule has 2 aromatic heterocycles. The second kappa shape index (κ2) is 6.84. The second-order valence-corrected chi connectivity index (χ2v) is 8.18. The van der Waals surface area contributed by atoms with Crippen LogP contribution in [0.1, 0.15) is 42.6 Å². The molecule has 8 heteroatoms. The van der Waals surface area contributed by atoms with Crippen molar-refractivity contribution in [1.29, 1.82) is 0 Å². The van der Waals surface area contributed by atoms with Gasteiger partial charge in [0.05, 0.1) is 5.39 Å². The van der Waals surface area contributed by atoms with Gasteiger partial charge in [0.15, 0.2) is 11.6 Å². The molecule has 2 aromatic rings. The molecule has 3 heterocycles. The lowest BCUT2D eigenvalue weighted by Crippen LogP contribution is -2.34. The Kier molecular flexibility index (Phi) is 4.61. The quantitative estimate of drug-likeness (QED) is 0.847. The van der Waals surface area contributed by atoms with E-state index in [1.807, 2.05) is 19.0 Å². The van der Waals surface area contributed by atoms with E-state index in [1.165, 1.54) is 6.20 Å². The number of aromatic carboxylic acids is 1. The highest BCUT2D eigenvalue weighted by Crippen LogP contribution is 2.37. The smallest absolute Gasteiger partial charge is 0.341 e. The monoisotopic (exact) mass is 388 g/mol. The van der Waals surface area contributed by atoms with Crippen LogP contribution in [0.2, 0.25) is 0 Å². The lowest BCUT2D eigenvalue weighted by Gasteiger charge is -2.26. The summed E-state index contributed by atoms with van der Waals surface area (Å²) < 4.78 is 16.6. The summed E-state index contributed by atoms with van der Waals surface area (Å²) in [6.07, 6.45) is 4.11. The van der Waals surface area contributed by atoms with E-state index in [0.29, 0.717) is 30.7 Å². The molecule has 28 heavy (non-hydrogen) atoms. The molecule has 1 aliphatic heterocycles. The van der Waals surface area contributed by atoms with E-state index in [2.05, 4.69) is 16.8 Å². The van der Waals surface area contributed by atoms with Crippen molar-refractivity contribution >= 4 is 22.8 Å². The lowest BCUT2D eigenvalue weighted by molar-refractivity contribution is 0.0695. The number of aromatic nitrogens is 2. The Hall–Kier alpha value is -2.48. The van der Waals surface area contributed by atoms with E-state index >= 15 is 0 Å². The SMILES string of the molecule is CC(C1CCN(c2nc3c(cc2F)c(=O)c(C(=O)O)cn3C2CC2)C1)N(C)C. The van der Waals surface area contributed by atoms with Crippen molar-refractivity contribution in [2.24, 2.45) is 5.92 Å². The normalized spacial score (nSPS) is 20.9. The number of carboxylic acid groups (broad SMARTS) is 1. The zero-order valence-corrected chi connectivity index (χ0v) is 16.4. The predicted molar refractivity (Wildman–Crippen MR) is 105 cm³/mol. The summed E-state index contributed by atoms with van der Waals surface area (Å²) in [5.41, 5.74) is -0.648. The molecule has 0 aromatic carbocycles. The maximum atomic E-state index is 14.9. The van der Waals surface area contributed by atoms with Crippen molar-refractivity contribution in [3.63, 3.8) is 0 Å². The Bertz CT molecular complexity index is 999. The summed E-state index contributed by atoms with van der Waals surface area (Å²) in [4.78, 5) is 32.6. The van der Waals surface area contributed by atoms with Gasteiger partial charge in [0, 0.05) is 31.4 Å². The first-order valence-electron chi connectivity index (χ1n) is 9.68. The van der Waals surface area contributed by atoms with Gasteiger partial charge in [0.2, 0.25) is 5.43 Å². The lowest BCUT2D eigenvalue weighted by atomic mass is 10.00. The van der Waals surface area contributed by atoms with Crippen molar-refractivity contribution < 1.29 is 14.3 Å². The number of anilines is 1. The Morgan fingerprint density at radius 2 is 2.07 bits per heavy atom. The topological polar surface area (TPSA) is 78.7 Å². The van der Waals surface area contributed by atoms with Gasteiger partial charge >= 0.3 is 5.97 Å². The van der Waals surface area contributed by atoms with Gasteiger partial charge in [-0.25, -0.2) is 14.2 Å². The molecule has 4 rings (SSSR count). The van der Waals surface area contributed by atoms with Crippen molar-refractivity contribution in [3.05, 3.63) is 33.9 Å². The molecule has 0 amide bonds. The van der Waals surface area contributed by atoms with Crippen LogP contribution in [0.25, 0.3) is 11.0 Å². The number of fused-ring (bicyclic) bond motifs is 1. The number of halogens is 1. The van der Waals surface area contributed by atoms with Gasteiger partial charge in [-0.3, -0.25) is 4.79 Å². The summed E-state index contributed by atoms with van der Waals surface area (Å²) >= 11 is 0. The maximum absolute atomic E-state index is 14.9. The first-order valence-corrected chi connectivity index (χ1v) is 9.68. The molecule has 2 aliphatic rings. The fraction of sp³-hybridized carbons (Fsp3) is 0.550. The average molecular weight is 388 g/mol. The van der Waals surface area contributed by atoms with E-state index in [0.717, 1.165) is 25.3 Å². The average Bonchev–Trinajstić information content (AvgIpc) is 3.37. The Morgan fingerprint density at radius 3 is 2.68 bits per heavy atom. The van der Waals surface area contributed by atoms with Crippen LogP contribution >= 0.6 is 0 Å². The zero-order valence-electron chi connectivity index (χ0n) is 16.4. The molecule has 7 nitrogen and oxygen atoms in total. The highest BCUT2D eigenvalue weighted by atomic mass is 19.1. The number of hydrogen-bond acceptors (Lipinski definition) is 5. The summed E-state index contributed by atoms with van der Waals surface area (Å²) in [7, 11) is 4.08. The van der Waals surface area contributed by atoms with Gasteiger partial charge in [-0.15, -0.1) is 0 Å². The molecule has 1 saturated carbocycles. The van der Waals surface area contributed by atoms with Crippen LogP contribution in [0.5, 0.6) is 0 Å². The summed E-state index contributed by atoms with van der Waals surface area (Å²) in [6.45, 7) is 3.57. The van der Waals surface area contributed by atoms with E-state index < -0.39 is 17.2 Å². The van der Waals surface area contributed by atoms with Crippen LogP contribution in [0.15, 0.2) is 17.1 Å². The van der Waals surface area contributed by atoms with Gasteiger partial charge in [0.1, 0.15) is 11.2 Å². The van der Waals surface area contributed by atoms with Gasteiger partial charge in [-0.2, -0.15) is 0 Å². The number of carboxylic acids is 1. The number of rotatable bonds is 5. The molecule has 0 bridgehead atoms. The largest absolute Gasteiger partial charge is 0.477 e. The van der Waals surface area contributed by atoms with Crippen molar-refractivity contribution in [3.8, 4) is 0 Å². The van der Waals surface area contributed by atoms with Crippen molar-refractivity contribution in [2.75, 3.05) is 32.1 Å². The van der Waals surface area contributed by atoms with E-state index in [9.17, 15) is 19.1 Å². The first kappa shape index (κ1) is 18.9. The standard InChI is InChI=1S/C20H25FN4O3/c1-11(23(2)3)12-6-7-24(9-12)19-16(21)8-14-17(26)15(20(27)28)10-25(13-4-5-13)18(14)22-19/h8,10-13H,4-7,9H2,1-3H3,(H,27,28). The van der Waals surface area contributed by atoms with Crippen LogP contribution in [0.4, 0.5) is 10.2 Å². The van der Waals surface area contributed by atoms with Crippen LogP contribution in [0.3, 0.4) is 0 Å². The van der Waals surface area contributed by atoms with Gasteiger partial charge in [0.25, 0.3) is 0 Å². The molecule has 1 aliphatic carbocycles. The van der Waals surface area contributed by atoms with Crippen molar-refractivity contribution in [1.82, 2.24) is 14.5 Å².